The summed E-state index contributed by atoms with van der Waals surface area (Å²) in [5, 5.41) is 0. The van der Waals surface area contributed by atoms with Crippen molar-refractivity contribution in [3.8, 4) is 0 Å². The molecule has 0 saturated carbocycles. The summed E-state index contributed by atoms with van der Waals surface area (Å²) in [7, 11) is 0. The van der Waals surface area contributed by atoms with E-state index in [0.717, 1.165) is 11.1 Å². The van der Waals surface area contributed by atoms with E-state index in [-0.39, 0.29) is 5.78 Å². The first-order valence-electron chi connectivity index (χ1n) is 4.69. The van der Waals surface area contributed by atoms with Crippen LogP contribution in [0.2, 0.25) is 0 Å². The van der Waals surface area contributed by atoms with Crippen LogP contribution in [0.15, 0.2) is 29.9 Å². The zero-order valence-corrected chi connectivity index (χ0v) is 9.47. The normalized spacial score (nSPS) is 10.3. The number of ketones is 1. The minimum atomic E-state index is 0.0648. The molecule has 1 heterocycles. The first-order chi connectivity index (χ1) is 7.18. The fraction of sp³-hybridized carbons (Fsp3) is 0.167. The second kappa shape index (κ2) is 3.95. The minimum absolute atomic E-state index is 0.0648. The van der Waals surface area contributed by atoms with Crippen molar-refractivity contribution in [1.29, 1.82) is 0 Å². The van der Waals surface area contributed by atoms with Crippen molar-refractivity contribution >= 4 is 17.1 Å². The predicted octanol–water partition coefficient (Wildman–Crippen LogP) is 2.99. The van der Waals surface area contributed by atoms with Crippen molar-refractivity contribution in [2.45, 2.75) is 13.8 Å². The topological polar surface area (TPSA) is 30.0 Å². The highest BCUT2D eigenvalue weighted by Gasteiger charge is 2.12. The van der Waals surface area contributed by atoms with Gasteiger partial charge in [-0.15, -0.1) is 11.3 Å². The van der Waals surface area contributed by atoms with Crippen molar-refractivity contribution in [3.05, 3.63) is 51.5 Å². The van der Waals surface area contributed by atoms with Gasteiger partial charge in [0, 0.05) is 11.8 Å². The minimum Gasteiger partial charge on any atom is -0.288 e. The smallest absolute Gasteiger partial charge is 0.204 e. The van der Waals surface area contributed by atoms with Crippen molar-refractivity contribution in [2.24, 2.45) is 0 Å². The van der Waals surface area contributed by atoms with E-state index in [9.17, 15) is 4.79 Å². The van der Waals surface area contributed by atoms with E-state index in [0.29, 0.717) is 4.88 Å². The fourth-order valence-electron chi connectivity index (χ4n) is 1.53. The SMILES string of the molecule is Cc1ccc(C(=O)c2cncs2)c(C)c1. The van der Waals surface area contributed by atoms with E-state index in [4.69, 9.17) is 0 Å². The molecule has 0 spiro atoms. The number of thiazole rings is 1. The van der Waals surface area contributed by atoms with Crippen molar-refractivity contribution in [3.63, 3.8) is 0 Å². The van der Waals surface area contributed by atoms with Crippen LogP contribution in [0.25, 0.3) is 0 Å². The standard InChI is InChI=1S/C12H11NOS/c1-8-3-4-10(9(2)5-8)12(14)11-6-13-7-15-11/h3-7H,1-2H3. The lowest BCUT2D eigenvalue weighted by Crippen LogP contribution is -2.01. The van der Waals surface area contributed by atoms with E-state index < -0.39 is 0 Å². The number of hydrogen-bond donors (Lipinski definition) is 0. The Morgan fingerprint density at radius 1 is 1.33 bits per heavy atom. The number of carbonyl (C=O) groups excluding carboxylic acids is 1. The number of rotatable bonds is 2. The zero-order chi connectivity index (χ0) is 10.8. The third kappa shape index (κ3) is 1.97. The second-order valence-corrected chi connectivity index (χ2v) is 4.40. The number of hydrogen-bond acceptors (Lipinski definition) is 3. The van der Waals surface area contributed by atoms with Crippen LogP contribution in [0.3, 0.4) is 0 Å². The Morgan fingerprint density at radius 2 is 2.13 bits per heavy atom. The molecule has 0 fully saturated rings. The van der Waals surface area contributed by atoms with E-state index in [1.165, 1.54) is 16.9 Å². The quantitative estimate of drug-likeness (QED) is 0.724. The van der Waals surface area contributed by atoms with Gasteiger partial charge < -0.3 is 0 Å². The Balaban J connectivity index is 2.42. The molecule has 0 aliphatic carbocycles. The summed E-state index contributed by atoms with van der Waals surface area (Å²) in [6, 6.07) is 5.86. The molecule has 0 unspecified atom stereocenters. The number of nitrogens with zero attached hydrogens (tertiary/aromatic N) is 1. The maximum absolute atomic E-state index is 12.0. The molecule has 3 heteroatoms. The molecule has 2 rings (SSSR count). The lowest BCUT2D eigenvalue weighted by molar-refractivity contribution is 0.104. The van der Waals surface area contributed by atoms with Gasteiger partial charge in [-0.2, -0.15) is 0 Å². The number of benzene rings is 1. The highest BCUT2D eigenvalue weighted by Crippen LogP contribution is 2.17. The van der Waals surface area contributed by atoms with Crippen LogP contribution >= 0.6 is 11.3 Å². The average Bonchev–Trinajstić information content (AvgIpc) is 2.69. The number of aromatic nitrogens is 1. The molecule has 0 amide bonds. The van der Waals surface area contributed by atoms with E-state index in [2.05, 4.69) is 4.98 Å². The third-order valence-corrected chi connectivity index (χ3v) is 3.05. The van der Waals surface area contributed by atoms with Gasteiger partial charge in [0.2, 0.25) is 5.78 Å². The summed E-state index contributed by atoms with van der Waals surface area (Å²) >= 11 is 1.38. The summed E-state index contributed by atoms with van der Waals surface area (Å²) in [5.41, 5.74) is 4.64. The zero-order valence-electron chi connectivity index (χ0n) is 8.65. The van der Waals surface area contributed by atoms with Crippen LogP contribution in [0.4, 0.5) is 0 Å². The van der Waals surface area contributed by atoms with Crippen LogP contribution in [0.1, 0.15) is 26.4 Å². The predicted molar refractivity (Wildman–Crippen MR) is 61.5 cm³/mol. The van der Waals surface area contributed by atoms with E-state index in [1.807, 2.05) is 32.0 Å². The fourth-order valence-corrected chi connectivity index (χ4v) is 2.10. The van der Waals surface area contributed by atoms with Gasteiger partial charge in [-0.25, -0.2) is 0 Å². The molecule has 0 atom stereocenters. The van der Waals surface area contributed by atoms with Crippen molar-refractivity contribution in [1.82, 2.24) is 4.98 Å². The maximum atomic E-state index is 12.0. The Kier molecular flexibility index (Phi) is 2.64. The number of aryl methyl sites for hydroxylation is 2. The highest BCUT2D eigenvalue weighted by molar-refractivity contribution is 7.11. The summed E-state index contributed by atoms with van der Waals surface area (Å²) < 4.78 is 0. The van der Waals surface area contributed by atoms with Crippen LogP contribution in [-0.4, -0.2) is 10.8 Å². The van der Waals surface area contributed by atoms with Gasteiger partial charge in [-0.3, -0.25) is 9.78 Å². The average molecular weight is 217 g/mol. The monoisotopic (exact) mass is 217 g/mol. The van der Waals surface area contributed by atoms with Crippen LogP contribution < -0.4 is 0 Å². The summed E-state index contributed by atoms with van der Waals surface area (Å²) in [5.74, 6) is 0.0648. The summed E-state index contributed by atoms with van der Waals surface area (Å²) in [4.78, 5) is 16.6. The van der Waals surface area contributed by atoms with Gasteiger partial charge in [-0.1, -0.05) is 23.8 Å². The lowest BCUT2D eigenvalue weighted by Gasteiger charge is -2.03. The van der Waals surface area contributed by atoms with Crippen LogP contribution in [-0.2, 0) is 0 Å². The van der Waals surface area contributed by atoms with E-state index in [1.54, 1.807) is 11.7 Å². The third-order valence-electron chi connectivity index (χ3n) is 2.28. The van der Waals surface area contributed by atoms with Gasteiger partial charge in [-0.05, 0) is 19.4 Å². The van der Waals surface area contributed by atoms with Crippen LogP contribution in [0.5, 0.6) is 0 Å². The van der Waals surface area contributed by atoms with Crippen molar-refractivity contribution < 1.29 is 4.79 Å². The molecule has 2 aromatic rings. The maximum Gasteiger partial charge on any atom is 0.204 e. The molecule has 1 aromatic heterocycles. The van der Waals surface area contributed by atoms with Gasteiger partial charge in [0.25, 0.3) is 0 Å². The van der Waals surface area contributed by atoms with E-state index >= 15 is 0 Å². The molecule has 0 radical (unpaired) electrons. The summed E-state index contributed by atoms with van der Waals surface area (Å²) in [6.45, 7) is 3.98. The van der Waals surface area contributed by atoms with Gasteiger partial charge >= 0.3 is 0 Å². The first-order valence-corrected chi connectivity index (χ1v) is 5.57. The van der Waals surface area contributed by atoms with Gasteiger partial charge in [0.05, 0.1) is 10.4 Å². The van der Waals surface area contributed by atoms with Gasteiger partial charge in [0.15, 0.2) is 0 Å². The number of carbonyl (C=O) groups is 1. The largest absolute Gasteiger partial charge is 0.288 e. The molecule has 0 N–H and O–H groups in total. The Bertz CT molecular complexity index is 488. The Morgan fingerprint density at radius 3 is 2.73 bits per heavy atom. The molecule has 1 aromatic carbocycles. The summed E-state index contributed by atoms with van der Waals surface area (Å²) in [6.07, 6.45) is 1.62. The Hall–Kier alpha value is -1.48. The molecule has 0 saturated heterocycles. The highest BCUT2D eigenvalue weighted by atomic mass is 32.1. The molecule has 0 aliphatic rings. The first kappa shape index (κ1) is 10.1. The molecular weight excluding hydrogens is 206 g/mol. The van der Waals surface area contributed by atoms with Crippen molar-refractivity contribution in [2.75, 3.05) is 0 Å². The molecule has 2 nitrogen and oxygen atoms in total. The molecule has 0 bridgehead atoms. The molecule has 76 valence electrons. The molecular formula is C12H11NOS. The Labute approximate surface area is 92.6 Å². The lowest BCUT2D eigenvalue weighted by atomic mass is 10.0. The van der Waals surface area contributed by atoms with Crippen LogP contribution in [0, 0.1) is 13.8 Å². The molecule has 0 aliphatic heterocycles. The van der Waals surface area contributed by atoms with Gasteiger partial charge in [0.1, 0.15) is 0 Å². The molecule has 15 heavy (non-hydrogen) atoms. The second-order valence-electron chi connectivity index (χ2n) is 3.51.